The second-order valence-corrected chi connectivity index (χ2v) is 11.8. The van der Waals surface area contributed by atoms with Crippen molar-refractivity contribution in [3.8, 4) is 0 Å². The lowest BCUT2D eigenvalue weighted by molar-refractivity contribution is 0.102. The highest BCUT2D eigenvalue weighted by molar-refractivity contribution is 7.91. The Balaban J connectivity index is 1.75. The third kappa shape index (κ3) is 3.59. The Labute approximate surface area is 190 Å². The summed E-state index contributed by atoms with van der Waals surface area (Å²) < 4.78 is 32.5. The third-order valence-corrected chi connectivity index (χ3v) is 8.30. The molecule has 170 valence electrons. The van der Waals surface area contributed by atoms with E-state index in [4.69, 9.17) is 4.42 Å². The highest BCUT2D eigenvalue weighted by Crippen LogP contribution is 2.45. The smallest absolute Gasteiger partial charge is 0.197 e. The van der Waals surface area contributed by atoms with Crippen molar-refractivity contribution in [3.05, 3.63) is 64.9 Å². The van der Waals surface area contributed by atoms with Crippen molar-refractivity contribution in [2.45, 2.75) is 63.9 Å². The largest absolute Gasteiger partial charge is 0.459 e. The Morgan fingerprint density at radius 2 is 1.66 bits per heavy atom. The van der Waals surface area contributed by atoms with Crippen molar-refractivity contribution in [2.24, 2.45) is 0 Å². The van der Waals surface area contributed by atoms with Crippen LogP contribution in [0.15, 0.2) is 51.8 Å². The summed E-state index contributed by atoms with van der Waals surface area (Å²) in [6.45, 7) is 12.7. The maximum atomic E-state index is 13.4. The van der Waals surface area contributed by atoms with Gasteiger partial charge in [-0.3, -0.25) is 9.69 Å². The van der Waals surface area contributed by atoms with E-state index in [1.54, 1.807) is 18.2 Å². The Bertz CT molecular complexity index is 1290. The van der Waals surface area contributed by atoms with Crippen molar-refractivity contribution in [1.29, 1.82) is 0 Å². The highest BCUT2D eigenvalue weighted by atomic mass is 32.2. The van der Waals surface area contributed by atoms with E-state index in [0.29, 0.717) is 34.6 Å². The van der Waals surface area contributed by atoms with Gasteiger partial charge in [-0.05, 0) is 71.4 Å². The molecule has 1 aliphatic carbocycles. The first-order valence-electron chi connectivity index (χ1n) is 11.1. The summed E-state index contributed by atoms with van der Waals surface area (Å²) in [5.41, 5.74) is 1.85. The number of sulfone groups is 1. The molecule has 2 aromatic carbocycles. The minimum absolute atomic E-state index is 0.0341. The molecule has 0 amide bonds. The lowest BCUT2D eigenvalue weighted by Gasteiger charge is -2.31. The molecule has 0 bridgehead atoms. The van der Waals surface area contributed by atoms with Crippen molar-refractivity contribution in [1.82, 2.24) is 4.90 Å². The van der Waals surface area contributed by atoms with Crippen LogP contribution in [0.5, 0.6) is 0 Å². The van der Waals surface area contributed by atoms with Gasteiger partial charge in [-0.1, -0.05) is 18.2 Å². The summed E-state index contributed by atoms with van der Waals surface area (Å²) in [4.78, 5) is 15.8. The molecule has 1 heterocycles. The predicted octanol–water partition coefficient (Wildman–Crippen LogP) is 5.20. The van der Waals surface area contributed by atoms with Crippen LogP contribution in [0.2, 0.25) is 0 Å². The van der Waals surface area contributed by atoms with Crippen LogP contribution in [0.25, 0.3) is 11.0 Å². The number of nitrogens with zero attached hydrogens (tertiary/aromatic N) is 1. The molecular formula is C26H31NO4S. The topological polar surface area (TPSA) is 67.6 Å². The molecule has 0 saturated carbocycles. The molecular weight excluding hydrogens is 422 g/mol. The minimum Gasteiger partial charge on any atom is -0.459 e. The number of fused-ring (bicyclic) bond motifs is 4. The lowest BCUT2D eigenvalue weighted by atomic mass is 9.72. The molecule has 3 aromatic rings. The van der Waals surface area contributed by atoms with E-state index in [0.717, 1.165) is 5.39 Å². The lowest BCUT2D eigenvalue weighted by Crippen LogP contribution is -2.40. The maximum Gasteiger partial charge on any atom is 0.197 e. The summed E-state index contributed by atoms with van der Waals surface area (Å²) in [6, 6.07) is 13.0. The van der Waals surface area contributed by atoms with Gasteiger partial charge in [-0.25, -0.2) is 8.42 Å². The molecule has 0 saturated heterocycles. The third-order valence-electron chi connectivity index (χ3n) is 6.60. The van der Waals surface area contributed by atoms with Crippen LogP contribution in [0, 0.1) is 0 Å². The van der Waals surface area contributed by atoms with Crippen LogP contribution < -0.4 is 0 Å². The van der Waals surface area contributed by atoms with Crippen LogP contribution in [-0.4, -0.2) is 43.5 Å². The molecule has 5 nitrogen and oxygen atoms in total. The quantitative estimate of drug-likeness (QED) is 0.513. The Morgan fingerprint density at radius 1 is 1.00 bits per heavy atom. The highest BCUT2D eigenvalue weighted by Gasteiger charge is 2.42. The van der Waals surface area contributed by atoms with E-state index in [1.165, 1.54) is 0 Å². The molecule has 0 aliphatic heterocycles. The monoisotopic (exact) mass is 453 g/mol. The fraction of sp³-hybridized carbons (Fsp3) is 0.423. The van der Waals surface area contributed by atoms with E-state index in [1.807, 2.05) is 38.1 Å². The predicted molar refractivity (Wildman–Crippen MR) is 127 cm³/mol. The average molecular weight is 454 g/mol. The second-order valence-electron chi connectivity index (χ2n) is 9.71. The molecule has 0 spiro atoms. The van der Waals surface area contributed by atoms with Crippen LogP contribution >= 0.6 is 0 Å². The molecule has 1 aliphatic rings. The number of furan rings is 1. The Kier molecular flexibility index (Phi) is 5.58. The van der Waals surface area contributed by atoms with Crippen LogP contribution in [-0.2, 0) is 15.3 Å². The van der Waals surface area contributed by atoms with Gasteiger partial charge in [0.15, 0.2) is 15.6 Å². The molecule has 32 heavy (non-hydrogen) atoms. The van der Waals surface area contributed by atoms with Gasteiger partial charge >= 0.3 is 0 Å². The van der Waals surface area contributed by atoms with Gasteiger partial charge in [0.25, 0.3) is 0 Å². The normalized spacial score (nSPS) is 15.6. The van der Waals surface area contributed by atoms with Gasteiger partial charge in [-0.2, -0.15) is 0 Å². The number of ketones is 1. The summed E-state index contributed by atoms with van der Waals surface area (Å²) in [6.07, 6.45) is 0. The van der Waals surface area contributed by atoms with E-state index < -0.39 is 15.3 Å². The molecule has 6 heteroatoms. The zero-order valence-electron chi connectivity index (χ0n) is 19.6. The number of carbonyl (C=O) groups excluding carboxylic acids is 1. The van der Waals surface area contributed by atoms with Gasteiger partial charge in [0, 0.05) is 35.0 Å². The van der Waals surface area contributed by atoms with Gasteiger partial charge in [0.2, 0.25) is 0 Å². The molecule has 0 radical (unpaired) electrons. The number of hydrogen-bond donors (Lipinski definition) is 0. The van der Waals surface area contributed by atoms with Gasteiger partial charge < -0.3 is 4.42 Å². The number of rotatable bonds is 6. The van der Waals surface area contributed by atoms with Crippen molar-refractivity contribution in [2.75, 3.05) is 12.3 Å². The fourth-order valence-corrected chi connectivity index (χ4v) is 6.12. The first-order valence-corrected chi connectivity index (χ1v) is 12.8. The SMILES string of the molecule is CC(C)N(CCS(=O)(=O)c1ccc2c(c1)C(C)(C)c1oc3ccccc3c1C2=O)C(C)C. The zero-order valence-corrected chi connectivity index (χ0v) is 20.4. The van der Waals surface area contributed by atoms with Crippen molar-refractivity contribution >= 4 is 26.6 Å². The molecule has 0 atom stereocenters. The zero-order chi connectivity index (χ0) is 23.4. The Hall–Kier alpha value is -2.44. The average Bonchev–Trinajstić information content (AvgIpc) is 3.12. The number of para-hydroxylation sites is 1. The van der Waals surface area contributed by atoms with E-state index in [-0.39, 0.29) is 28.5 Å². The summed E-state index contributed by atoms with van der Waals surface area (Å²) >= 11 is 0. The molecule has 0 fully saturated rings. The molecule has 0 unspecified atom stereocenters. The first kappa shape index (κ1) is 22.7. The minimum atomic E-state index is -3.51. The van der Waals surface area contributed by atoms with Gasteiger partial charge in [0.1, 0.15) is 11.3 Å². The standard InChI is InChI=1S/C26H31NO4S/c1-16(2)27(17(3)4)13-14-32(29,30)18-11-12-19-21(15-18)26(5,6)25-23(24(19)28)20-9-7-8-10-22(20)31-25/h7-12,15-17H,13-14H2,1-6H3. The van der Waals surface area contributed by atoms with Crippen LogP contribution in [0.3, 0.4) is 0 Å². The van der Waals surface area contributed by atoms with Gasteiger partial charge in [-0.15, -0.1) is 0 Å². The number of benzene rings is 2. The van der Waals surface area contributed by atoms with Crippen LogP contribution in [0.1, 0.15) is 68.8 Å². The molecule has 1 aromatic heterocycles. The summed E-state index contributed by atoms with van der Waals surface area (Å²) in [5, 5.41) is 0.797. The Morgan fingerprint density at radius 3 is 2.31 bits per heavy atom. The maximum absolute atomic E-state index is 13.4. The van der Waals surface area contributed by atoms with Crippen molar-refractivity contribution < 1.29 is 17.6 Å². The number of hydrogen-bond acceptors (Lipinski definition) is 5. The summed E-state index contributed by atoms with van der Waals surface area (Å²) in [7, 11) is -3.51. The first-order chi connectivity index (χ1) is 14.9. The molecule has 0 N–H and O–H groups in total. The van der Waals surface area contributed by atoms with Crippen LogP contribution in [0.4, 0.5) is 0 Å². The summed E-state index contributed by atoms with van der Waals surface area (Å²) in [5.74, 6) is 0.511. The van der Waals surface area contributed by atoms with E-state index >= 15 is 0 Å². The second kappa shape index (κ2) is 7.85. The van der Waals surface area contributed by atoms with Gasteiger partial charge in [0.05, 0.1) is 16.2 Å². The molecule has 4 rings (SSSR count). The van der Waals surface area contributed by atoms with Crippen molar-refractivity contribution in [3.63, 3.8) is 0 Å². The van der Waals surface area contributed by atoms with E-state index in [9.17, 15) is 13.2 Å². The van der Waals surface area contributed by atoms with E-state index in [2.05, 4.69) is 32.6 Å². The fourth-order valence-electron chi connectivity index (χ4n) is 4.86. The number of carbonyl (C=O) groups is 1.